The summed E-state index contributed by atoms with van der Waals surface area (Å²) in [5, 5.41) is 4.28. The van der Waals surface area contributed by atoms with Crippen LogP contribution in [0.2, 0.25) is 0 Å². The number of nitrogens with zero attached hydrogens (tertiary/aromatic N) is 4. The van der Waals surface area contributed by atoms with E-state index >= 15 is 0 Å². The highest BCUT2D eigenvalue weighted by Crippen LogP contribution is 2.25. The summed E-state index contributed by atoms with van der Waals surface area (Å²) in [4.78, 5) is 6.82. The van der Waals surface area contributed by atoms with Gasteiger partial charge in [0, 0.05) is 25.2 Å². The molecular weight excluding hydrogens is 214 g/mol. The Labute approximate surface area is 103 Å². The molecule has 1 aromatic heterocycles. The summed E-state index contributed by atoms with van der Waals surface area (Å²) in [5.74, 6) is 1.06. The third-order valence-corrected chi connectivity index (χ3v) is 3.49. The number of rotatable bonds is 6. The molecule has 17 heavy (non-hydrogen) atoms. The summed E-state index contributed by atoms with van der Waals surface area (Å²) in [5.41, 5.74) is 5.69. The standard InChI is InChI=1S/C12H23N5/c1-10(2)17-12(14-9-15-17)8-16(7-6-13)11-4-3-5-11/h9-11H,3-8,13H2,1-2H3. The van der Waals surface area contributed by atoms with E-state index in [1.54, 1.807) is 6.33 Å². The predicted molar refractivity (Wildman–Crippen MR) is 67.5 cm³/mol. The van der Waals surface area contributed by atoms with Crippen LogP contribution in [0.5, 0.6) is 0 Å². The molecule has 0 bridgehead atoms. The van der Waals surface area contributed by atoms with Gasteiger partial charge in [0.1, 0.15) is 12.2 Å². The highest BCUT2D eigenvalue weighted by Gasteiger charge is 2.25. The lowest BCUT2D eigenvalue weighted by Crippen LogP contribution is -2.42. The minimum atomic E-state index is 0.369. The van der Waals surface area contributed by atoms with E-state index in [0.717, 1.165) is 18.9 Å². The van der Waals surface area contributed by atoms with Crippen molar-refractivity contribution in [2.75, 3.05) is 13.1 Å². The zero-order valence-corrected chi connectivity index (χ0v) is 10.8. The van der Waals surface area contributed by atoms with Crippen LogP contribution in [-0.4, -0.2) is 38.8 Å². The van der Waals surface area contributed by atoms with Gasteiger partial charge in [-0.3, -0.25) is 4.90 Å². The lowest BCUT2D eigenvalue weighted by atomic mass is 9.91. The van der Waals surface area contributed by atoms with E-state index in [9.17, 15) is 0 Å². The molecule has 1 heterocycles. The average molecular weight is 237 g/mol. The van der Waals surface area contributed by atoms with Crippen LogP contribution in [-0.2, 0) is 6.54 Å². The van der Waals surface area contributed by atoms with Crippen molar-refractivity contribution in [3.8, 4) is 0 Å². The highest BCUT2D eigenvalue weighted by molar-refractivity contribution is 4.90. The van der Waals surface area contributed by atoms with Crippen LogP contribution >= 0.6 is 0 Å². The van der Waals surface area contributed by atoms with Gasteiger partial charge in [-0.15, -0.1) is 0 Å². The molecule has 5 nitrogen and oxygen atoms in total. The van der Waals surface area contributed by atoms with E-state index in [4.69, 9.17) is 5.73 Å². The van der Waals surface area contributed by atoms with Crippen LogP contribution in [0.15, 0.2) is 6.33 Å². The smallest absolute Gasteiger partial charge is 0.141 e. The molecule has 0 aromatic carbocycles. The molecular formula is C12H23N5. The molecule has 1 aromatic rings. The van der Waals surface area contributed by atoms with E-state index in [2.05, 4.69) is 28.8 Å². The van der Waals surface area contributed by atoms with E-state index in [0.29, 0.717) is 18.6 Å². The molecule has 1 fully saturated rings. The maximum absolute atomic E-state index is 5.69. The molecule has 2 N–H and O–H groups in total. The van der Waals surface area contributed by atoms with Gasteiger partial charge in [-0.1, -0.05) is 6.42 Å². The summed E-state index contributed by atoms with van der Waals surface area (Å²) < 4.78 is 2.00. The average Bonchev–Trinajstić information content (AvgIpc) is 2.63. The molecule has 0 aliphatic heterocycles. The maximum Gasteiger partial charge on any atom is 0.141 e. The Balaban J connectivity index is 2.03. The van der Waals surface area contributed by atoms with Gasteiger partial charge in [-0.2, -0.15) is 5.10 Å². The molecule has 1 aliphatic rings. The molecule has 96 valence electrons. The van der Waals surface area contributed by atoms with E-state index in [1.807, 2.05) is 4.68 Å². The van der Waals surface area contributed by atoms with Gasteiger partial charge in [0.2, 0.25) is 0 Å². The van der Waals surface area contributed by atoms with Crippen molar-refractivity contribution in [2.24, 2.45) is 5.73 Å². The van der Waals surface area contributed by atoms with Gasteiger partial charge in [-0.05, 0) is 26.7 Å². The van der Waals surface area contributed by atoms with Gasteiger partial charge >= 0.3 is 0 Å². The largest absolute Gasteiger partial charge is 0.329 e. The first-order valence-electron chi connectivity index (χ1n) is 6.55. The molecule has 0 radical (unpaired) electrons. The van der Waals surface area contributed by atoms with Crippen molar-refractivity contribution in [1.29, 1.82) is 0 Å². The van der Waals surface area contributed by atoms with Crippen LogP contribution in [0.4, 0.5) is 0 Å². The lowest BCUT2D eigenvalue weighted by molar-refractivity contribution is 0.118. The van der Waals surface area contributed by atoms with Gasteiger partial charge in [-0.25, -0.2) is 9.67 Å². The number of hydrogen-bond acceptors (Lipinski definition) is 4. The first-order valence-corrected chi connectivity index (χ1v) is 6.55. The van der Waals surface area contributed by atoms with E-state index in [-0.39, 0.29) is 0 Å². The van der Waals surface area contributed by atoms with E-state index in [1.165, 1.54) is 19.3 Å². The molecule has 5 heteroatoms. The second-order valence-electron chi connectivity index (χ2n) is 5.06. The summed E-state index contributed by atoms with van der Waals surface area (Å²) in [6.45, 7) is 6.81. The Bertz CT molecular complexity index is 342. The third-order valence-electron chi connectivity index (χ3n) is 3.49. The normalized spacial score (nSPS) is 16.8. The molecule has 0 saturated heterocycles. The van der Waals surface area contributed by atoms with Crippen LogP contribution in [0.1, 0.15) is 45.0 Å². The van der Waals surface area contributed by atoms with Gasteiger partial charge in [0.15, 0.2) is 0 Å². The van der Waals surface area contributed by atoms with Crippen molar-refractivity contribution in [2.45, 2.75) is 51.7 Å². The summed E-state index contributed by atoms with van der Waals surface area (Å²) >= 11 is 0. The van der Waals surface area contributed by atoms with E-state index < -0.39 is 0 Å². The number of nitrogens with two attached hydrogens (primary N) is 1. The third kappa shape index (κ3) is 2.84. The summed E-state index contributed by atoms with van der Waals surface area (Å²) in [7, 11) is 0. The minimum absolute atomic E-state index is 0.369. The van der Waals surface area contributed by atoms with Gasteiger partial charge < -0.3 is 5.73 Å². The second kappa shape index (κ2) is 5.60. The van der Waals surface area contributed by atoms with Crippen LogP contribution < -0.4 is 5.73 Å². The van der Waals surface area contributed by atoms with Crippen molar-refractivity contribution < 1.29 is 0 Å². The fourth-order valence-corrected chi connectivity index (χ4v) is 2.31. The SMILES string of the molecule is CC(C)n1ncnc1CN(CCN)C1CCC1. The fraction of sp³-hybridized carbons (Fsp3) is 0.833. The minimum Gasteiger partial charge on any atom is -0.329 e. The van der Waals surface area contributed by atoms with Crippen molar-refractivity contribution in [1.82, 2.24) is 19.7 Å². The lowest BCUT2D eigenvalue weighted by Gasteiger charge is -2.37. The number of aromatic nitrogens is 3. The molecule has 2 rings (SSSR count). The van der Waals surface area contributed by atoms with Gasteiger partial charge in [0.05, 0.1) is 6.54 Å². The van der Waals surface area contributed by atoms with Crippen LogP contribution in [0.3, 0.4) is 0 Å². The van der Waals surface area contributed by atoms with Crippen LogP contribution in [0, 0.1) is 0 Å². The predicted octanol–water partition coefficient (Wildman–Crippen LogP) is 1.17. The molecule has 0 spiro atoms. The molecule has 0 atom stereocenters. The second-order valence-corrected chi connectivity index (χ2v) is 5.06. The molecule has 0 unspecified atom stereocenters. The highest BCUT2D eigenvalue weighted by atomic mass is 15.4. The summed E-state index contributed by atoms with van der Waals surface area (Å²) in [6, 6.07) is 1.07. The quantitative estimate of drug-likeness (QED) is 0.807. The fourth-order valence-electron chi connectivity index (χ4n) is 2.31. The first kappa shape index (κ1) is 12.5. The monoisotopic (exact) mass is 237 g/mol. The van der Waals surface area contributed by atoms with Crippen molar-refractivity contribution in [3.63, 3.8) is 0 Å². The summed E-state index contributed by atoms with van der Waals surface area (Å²) in [6.07, 6.45) is 5.60. The zero-order chi connectivity index (χ0) is 12.3. The Morgan fingerprint density at radius 1 is 1.53 bits per heavy atom. The topological polar surface area (TPSA) is 60.0 Å². The maximum atomic E-state index is 5.69. The Morgan fingerprint density at radius 2 is 2.29 bits per heavy atom. The Morgan fingerprint density at radius 3 is 2.82 bits per heavy atom. The zero-order valence-electron chi connectivity index (χ0n) is 10.8. The van der Waals surface area contributed by atoms with Crippen molar-refractivity contribution >= 4 is 0 Å². The Hall–Kier alpha value is -0.940. The van der Waals surface area contributed by atoms with Crippen LogP contribution in [0.25, 0.3) is 0 Å². The molecule has 0 amide bonds. The molecule has 1 aliphatic carbocycles. The number of hydrogen-bond donors (Lipinski definition) is 1. The molecule has 1 saturated carbocycles. The first-order chi connectivity index (χ1) is 8.22. The Kier molecular flexibility index (Phi) is 4.12. The van der Waals surface area contributed by atoms with Crippen molar-refractivity contribution in [3.05, 3.63) is 12.2 Å². The van der Waals surface area contributed by atoms with Gasteiger partial charge in [0.25, 0.3) is 0 Å².